The Morgan fingerprint density at radius 1 is 1.24 bits per heavy atom. The summed E-state index contributed by atoms with van der Waals surface area (Å²) in [4.78, 5) is 24.0. The maximum atomic E-state index is 12.9. The predicted molar refractivity (Wildman–Crippen MR) is 104 cm³/mol. The maximum Gasteiger partial charge on any atom is 0.309 e. The molecule has 1 aromatic carbocycles. The van der Waals surface area contributed by atoms with E-state index in [1.807, 2.05) is 0 Å². The van der Waals surface area contributed by atoms with Gasteiger partial charge < -0.3 is 9.26 Å². The van der Waals surface area contributed by atoms with E-state index in [1.54, 1.807) is 26.0 Å². The van der Waals surface area contributed by atoms with Crippen LogP contribution in [0.5, 0.6) is 0 Å². The Hall–Kier alpha value is -2.52. The van der Waals surface area contributed by atoms with Gasteiger partial charge in [0.1, 0.15) is 12.4 Å². The van der Waals surface area contributed by atoms with Crippen molar-refractivity contribution in [3.8, 4) is 0 Å². The van der Waals surface area contributed by atoms with E-state index in [4.69, 9.17) is 9.26 Å². The van der Waals surface area contributed by atoms with Crippen LogP contribution in [-0.4, -0.2) is 42.7 Å². The summed E-state index contributed by atoms with van der Waals surface area (Å²) in [6.45, 7) is 5.47. The molecule has 1 fully saturated rings. The molecule has 1 aliphatic heterocycles. The van der Waals surface area contributed by atoms with Gasteiger partial charge in [-0.15, -0.1) is 0 Å². The summed E-state index contributed by atoms with van der Waals surface area (Å²) in [7, 11) is -3.72. The van der Waals surface area contributed by atoms with E-state index in [0.29, 0.717) is 29.9 Å². The SMILES string of the molecule is CC(=O)c1cccc(S(=O)(=O)N2CCC(C(=O)OCc3c(C)noc3C)CC2)c1. The van der Waals surface area contributed by atoms with E-state index in [2.05, 4.69) is 5.16 Å². The van der Waals surface area contributed by atoms with Crippen LogP contribution < -0.4 is 0 Å². The lowest BCUT2D eigenvalue weighted by Crippen LogP contribution is -2.40. The van der Waals surface area contributed by atoms with Crippen LogP contribution >= 0.6 is 0 Å². The predicted octanol–water partition coefficient (Wildman–Crippen LogP) is 2.64. The summed E-state index contributed by atoms with van der Waals surface area (Å²) in [6, 6.07) is 6.01. The molecule has 156 valence electrons. The highest BCUT2D eigenvalue weighted by atomic mass is 32.2. The minimum atomic E-state index is -3.72. The third-order valence-electron chi connectivity index (χ3n) is 5.21. The van der Waals surface area contributed by atoms with Crippen molar-refractivity contribution in [1.82, 2.24) is 9.46 Å². The molecule has 0 spiro atoms. The van der Waals surface area contributed by atoms with Crippen LogP contribution in [0.15, 0.2) is 33.7 Å². The third-order valence-corrected chi connectivity index (χ3v) is 7.10. The van der Waals surface area contributed by atoms with Gasteiger partial charge in [-0.25, -0.2) is 8.42 Å². The second-order valence-corrected chi connectivity index (χ2v) is 9.11. The van der Waals surface area contributed by atoms with Crippen LogP contribution in [0.4, 0.5) is 0 Å². The number of nitrogens with zero attached hydrogens (tertiary/aromatic N) is 2. The van der Waals surface area contributed by atoms with E-state index in [9.17, 15) is 18.0 Å². The topological polar surface area (TPSA) is 107 Å². The zero-order valence-electron chi connectivity index (χ0n) is 16.7. The molecule has 1 saturated heterocycles. The quantitative estimate of drug-likeness (QED) is 0.522. The molecule has 0 amide bonds. The molecule has 0 bridgehead atoms. The molecule has 0 unspecified atom stereocenters. The lowest BCUT2D eigenvalue weighted by atomic mass is 9.98. The van der Waals surface area contributed by atoms with E-state index >= 15 is 0 Å². The van der Waals surface area contributed by atoms with E-state index < -0.39 is 10.0 Å². The van der Waals surface area contributed by atoms with Gasteiger partial charge in [-0.2, -0.15) is 4.31 Å². The van der Waals surface area contributed by atoms with Crippen LogP contribution in [0.3, 0.4) is 0 Å². The highest BCUT2D eigenvalue weighted by Gasteiger charge is 2.33. The number of ether oxygens (including phenoxy) is 1. The third kappa shape index (κ3) is 4.56. The molecule has 0 atom stereocenters. The van der Waals surface area contributed by atoms with Gasteiger partial charge in [0, 0.05) is 18.7 Å². The summed E-state index contributed by atoms with van der Waals surface area (Å²) < 4.78 is 37.5. The fourth-order valence-electron chi connectivity index (χ4n) is 3.33. The molecule has 8 nitrogen and oxygen atoms in total. The van der Waals surface area contributed by atoms with Crippen LogP contribution in [0.2, 0.25) is 0 Å². The smallest absolute Gasteiger partial charge is 0.309 e. The first kappa shape index (κ1) is 21.2. The number of aryl methyl sites for hydroxylation is 2. The van der Waals surface area contributed by atoms with Crippen molar-refractivity contribution in [2.24, 2.45) is 5.92 Å². The molecule has 2 aromatic rings. The number of ketones is 1. The molecule has 0 aliphatic carbocycles. The average molecular weight is 420 g/mol. The Balaban J connectivity index is 1.60. The van der Waals surface area contributed by atoms with Gasteiger partial charge in [-0.3, -0.25) is 9.59 Å². The molecule has 3 rings (SSSR count). The van der Waals surface area contributed by atoms with Crippen LogP contribution in [0.25, 0.3) is 0 Å². The van der Waals surface area contributed by atoms with Gasteiger partial charge in [0.2, 0.25) is 10.0 Å². The van der Waals surface area contributed by atoms with Gasteiger partial charge in [-0.1, -0.05) is 17.3 Å². The van der Waals surface area contributed by atoms with Crippen molar-refractivity contribution < 1.29 is 27.3 Å². The lowest BCUT2D eigenvalue weighted by Gasteiger charge is -2.30. The van der Waals surface area contributed by atoms with Crippen molar-refractivity contribution >= 4 is 21.8 Å². The normalized spacial score (nSPS) is 16.0. The number of esters is 1. The van der Waals surface area contributed by atoms with E-state index in [0.717, 1.165) is 5.56 Å². The number of carbonyl (C=O) groups excluding carboxylic acids is 2. The number of piperidine rings is 1. The Bertz CT molecular complexity index is 1000. The Kier molecular flexibility index (Phi) is 6.18. The minimum Gasteiger partial charge on any atom is -0.460 e. The summed E-state index contributed by atoms with van der Waals surface area (Å²) >= 11 is 0. The fraction of sp³-hybridized carbons (Fsp3) is 0.450. The van der Waals surface area contributed by atoms with E-state index in [-0.39, 0.29) is 42.3 Å². The molecular formula is C20H24N2O6S. The summed E-state index contributed by atoms with van der Waals surface area (Å²) in [5.74, 6) is -0.281. The zero-order chi connectivity index (χ0) is 21.2. The first-order chi connectivity index (χ1) is 13.7. The molecule has 0 saturated carbocycles. The first-order valence-corrected chi connectivity index (χ1v) is 10.8. The van der Waals surface area contributed by atoms with Crippen molar-refractivity contribution in [3.63, 3.8) is 0 Å². The van der Waals surface area contributed by atoms with Gasteiger partial charge in [0.15, 0.2) is 5.78 Å². The monoisotopic (exact) mass is 420 g/mol. The minimum absolute atomic E-state index is 0.0876. The largest absolute Gasteiger partial charge is 0.460 e. The highest BCUT2D eigenvalue weighted by Crippen LogP contribution is 2.26. The summed E-state index contributed by atoms with van der Waals surface area (Å²) in [5, 5.41) is 3.83. The molecule has 1 aliphatic rings. The Morgan fingerprint density at radius 2 is 1.93 bits per heavy atom. The Labute approximate surface area is 169 Å². The zero-order valence-corrected chi connectivity index (χ0v) is 17.5. The molecule has 2 heterocycles. The summed E-state index contributed by atoms with van der Waals surface area (Å²) in [6.07, 6.45) is 0.762. The second-order valence-electron chi connectivity index (χ2n) is 7.17. The van der Waals surface area contributed by atoms with E-state index in [1.165, 1.54) is 23.4 Å². The van der Waals surface area contributed by atoms with Crippen LogP contribution in [-0.2, 0) is 26.2 Å². The number of sulfonamides is 1. The van der Waals surface area contributed by atoms with Crippen molar-refractivity contribution in [2.75, 3.05) is 13.1 Å². The summed E-state index contributed by atoms with van der Waals surface area (Å²) in [5.41, 5.74) is 1.79. The number of aromatic nitrogens is 1. The maximum absolute atomic E-state index is 12.9. The molecule has 0 radical (unpaired) electrons. The second kappa shape index (κ2) is 8.46. The standard InChI is InChI=1S/C20H24N2O6S/c1-13-19(15(3)28-21-13)12-27-20(24)16-7-9-22(10-8-16)29(25,26)18-6-4-5-17(11-18)14(2)23/h4-6,11,16H,7-10,12H2,1-3H3. The molecule has 0 N–H and O–H groups in total. The molecule has 29 heavy (non-hydrogen) atoms. The number of carbonyl (C=O) groups is 2. The first-order valence-electron chi connectivity index (χ1n) is 9.39. The lowest BCUT2D eigenvalue weighted by molar-refractivity contribution is -0.151. The number of hydrogen-bond acceptors (Lipinski definition) is 7. The number of benzene rings is 1. The molecule has 9 heteroatoms. The van der Waals surface area contributed by atoms with Crippen molar-refractivity contribution in [3.05, 3.63) is 46.8 Å². The van der Waals surface area contributed by atoms with Crippen LogP contribution in [0, 0.1) is 19.8 Å². The van der Waals surface area contributed by atoms with Crippen molar-refractivity contribution in [2.45, 2.75) is 45.1 Å². The van der Waals surface area contributed by atoms with Gasteiger partial charge in [0.25, 0.3) is 0 Å². The van der Waals surface area contributed by atoms with Gasteiger partial charge >= 0.3 is 5.97 Å². The molecular weight excluding hydrogens is 396 g/mol. The van der Waals surface area contributed by atoms with Gasteiger partial charge in [-0.05, 0) is 45.7 Å². The Morgan fingerprint density at radius 3 is 2.52 bits per heavy atom. The molecule has 1 aromatic heterocycles. The van der Waals surface area contributed by atoms with Crippen LogP contribution in [0.1, 0.15) is 47.1 Å². The average Bonchev–Trinajstić information content (AvgIpc) is 3.03. The number of rotatable bonds is 6. The number of Topliss-reactive ketones (excluding diaryl/α,β-unsaturated/α-hetero) is 1. The van der Waals surface area contributed by atoms with Crippen molar-refractivity contribution in [1.29, 1.82) is 0 Å². The van der Waals surface area contributed by atoms with Gasteiger partial charge in [0.05, 0.1) is 22.1 Å². The fourth-order valence-corrected chi connectivity index (χ4v) is 4.84. The number of hydrogen-bond donors (Lipinski definition) is 0. The highest BCUT2D eigenvalue weighted by molar-refractivity contribution is 7.89.